The number of morpholine rings is 1. The van der Waals surface area contributed by atoms with Crippen LogP contribution in [0.5, 0.6) is 0 Å². The average molecular weight is 440 g/mol. The Morgan fingerprint density at radius 1 is 1.14 bits per heavy atom. The van der Waals surface area contributed by atoms with Crippen molar-refractivity contribution in [1.29, 1.82) is 0 Å². The van der Waals surface area contributed by atoms with Crippen LogP contribution in [-0.2, 0) is 26.1 Å². The number of rotatable bonds is 5. The predicted octanol–water partition coefficient (Wildman–Crippen LogP) is 1.78. The third kappa shape index (κ3) is 4.87. The number of carbonyl (C=O) groups excluding carboxylic acids is 1. The van der Waals surface area contributed by atoms with Gasteiger partial charge in [-0.05, 0) is 32.0 Å². The Labute approximate surface area is 174 Å². The van der Waals surface area contributed by atoms with Crippen molar-refractivity contribution in [3.63, 3.8) is 0 Å². The smallest absolute Gasteiger partial charge is 0.244 e. The lowest BCUT2D eigenvalue weighted by Gasteiger charge is -2.26. The number of halogens is 1. The third-order valence-electron chi connectivity index (χ3n) is 4.68. The zero-order valence-corrected chi connectivity index (χ0v) is 17.7. The normalized spacial score (nSPS) is 15.3. The molecule has 0 spiro atoms. The molecule has 1 amide bonds. The molecule has 2 aromatic rings. The summed E-state index contributed by atoms with van der Waals surface area (Å²) in [6.07, 6.45) is 0. The number of amides is 1. The van der Waals surface area contributed by atoms with Gasteiger partial charge in [0, 0.05) is 36.6 Å². The zero-order valence-electron chi connectivity index (χ0n) is 16.1. The van der Waals surface area contributed by atoms with E-state index in [9.17, 15) is 18.0 Å². The largest absolute Gasteiger partial charge is 0.379 e. The molecule has 8 nitrogen and oxygen atoms in total. The van der Waals surface area contributed by atoms with Gasteiger partial charge in [0.15, 0.2) is 5.43 Å². The Morgan fingerprint density at radius 2 is 1.76 bits per heavy atom. The van der Waals surface area contributed by atoms with E-state index in [2.05, 4.69) is 5.32 Å². The van der Waals surface area contributed by atoms with Crippen LogP contribution in [0.15, 0.2) is 40.0 Å². The van der Waals surface area contributed by atoms with Crippen molar-refractivity contribution < 1.29 is 17.9 Å². The van der Waals surface area contributed by atoms with Gasteiger partial charge >= 0.3 is 0 Å². The van der Waals surface area contributed by atoms with Crippen LogP contribution in [0.2, 0.25) is 5.02 Å². The van der Waals surface area contributed by atoms with Crippen molar-refractivity contribution in [2.24, 2.45) is 0 Å². The zero-order chi connectivity index (χ0) is 21.2. The number of aromatic nitrogens is 1. The number of nitrogens with zero attached hydrogens (tertiary/aromatic N) is 2. The van der Waals surface area contributed by atoms with Crippen molar-refractivity contribution in [2.75, 3.05) is 31.6 Å². The molecule has 1 aromatic carbocycles. The molecule has 0 aliphatic carbocycles. The molecule has 0 unspecified atom stereocenters. The number of anilines is 1. The van der Waals surface area contributed by atoms with E-state index in [0.29, 0.717) is 24.6 Å². The van der Waals surface area contributed by atoms with E-state index in [4.69, 9.17) is 16.3 Å². The first kappa shape index (κ1) is 21.5. The van der Waals surface area contributed by atoms with Gasteiger partial charge in [0.25, 0.3) is 0 Å². The van der Waals surface area contributed by atoms with E-state index < -0.39 is 10.0 Å². The van der Waals surface area contributed by atoms with Crippen molar-refractivity contribution in [2.45, 2.75) is 25.3 Å². The minimum absolute atomic E-state index is 0.0330. The molecule has 0 bridgehead atoms. The van der Waals surface area contributed by atoms with Gasteiger partial charge in [0.05, 0.1) is 28.8 Å². The van der Waals surface area contributed by atoms with Gasteiger partial charge in [0.2, 0.25) is 15.9 Å². The molecule has 10 heteroatoms. The average Bonchev–Trinajstić information content (AvgIpc) is 2.67. The minimum atomic E-state index is -3.71. The van der Waals surface area contributed by atoms with Gasteiger partial charge in [-0.3, -0.25) is 9.59 Å². The highest BCUT2D eigenvalue weighted by atomic mass is 35.5. The number of aryl methyl sites for hydroxylation is 2. The fraction of sp³-hybridized carbons (Fsp3) is 0.368. The summed E-state index contributed by atoms with van der Waals surface area (Å²) in [6, 6.07) is 7.11. The number of carbonyl (C=O) groups is 1. The summed E-state index contributed by atoms with van der Waals surface area (Å²) in [5, 5.41) is 2.89. The van der Waals surface area contributed by atoms with E-state index in [1.807, 2.05) is 0 Å². The Morgan fingerprint density at radius 3 is 2.38 bits per heavy atom. The highest BCUT2D eigenvalue weighted by Gasteiger charge is 2.27. The monoisotopic (exact) mass is 439 g/mol. The number of pyridine rings is 1. The molecule has 1 aliphatic heterocycles. The third-order valence-corrected chi connectivity index (χ3v) is 6.90. The first-order valence-electron chi connectivity index (χ1n) is 9.04. The number of nitrogens with one attached hydrogen (secondary N) is 1. The van der Waals surface area contributed by atoms with E-state index in [1.165, 1.54) is 34.6 Å². The first-order chi connectivity index (χ1) is 13.7. The number of hydrogen-bond acceptors (Lipinski definition) is 5. The number of sulfonamides is 1. The second kappa shape index (κ2) is 8.66. The lowest BCUT2D eigenvalue weighted by molar-refractivity contribution is -0.116. The van der Waals surface area contributed by atoms with Crippen molar-refractivity contribution in [3.8, 4) is 0 Å². The van der Waals surface area contributed by atoms with Crippen LogP contribution >= 0.6 is 11.6 Å². The molecule has 3 rings (SSSR count). The number of hydrogen-bond donors (Lipinski definition) is 1. The van der Waals surface area contributed by atoms with Crippen LogP contribution < -0.4 is 10.7 Å². The lowest BCUT2D eigenvalue weighted by Crippen LogP contribution is -2.40. The van der Waals surface area contributed by atoms with Gasteiger partial charge < -0.3 is 14.6 Å². The molecule has 1 saturated heterocycles. The van der Waals surface area contributed by atoms with Crippen LogP contribution in [0.1, 0.15) is 11.4 Å². The summed E-state index contributed by atoms with van der Waals surface area (Å²) in [4.78, 5) is 24.1. The molecule has 1 N–H and O–H groups in total. The molecule has 0 radical (unpaired) electrons. The number of benzene rings is 1. The molecule has 1 aromatic heterocycles. The highest BCUT2D eigenvalue weighted by molar-refractivity contribution is 7.89. The molecule has 0 saturated carbocycles. The van der Waals surface area contributed by atoms with Crippen molar-refractivity contribution >= 4 is 33.2 Å². The SMILES string of the molecule is Cc1cc(=O)cc(C)n1CC(=O)Nc1cc(S(=O)(=O)N2CCOCC2)ccc1Cl. The summed E-state index contributed by atoms with van der Waals surface area (Å²) in [7, 11) is -3.71. The van der Waals surface area contributed by atoms with Crippen LogP contribution in [0.4, 0.5) is 5.69 Å². The molecule has 0 atom stereocenters. The number of ether oxygens (including phenoxy) is 1. The Bertz CT molecular complexity index is 1070. The van der Waals surface area contributed by atoms with Crippen LogP contribution in [-0.4, -0.2) is 49.5 Å². The van der Waals surface area contributed by atoms with Gasteiger partial charge in [-0.25, -0.2) is 8.42 Å². The molecule has 1 fully saturated rings. The van der Waals surface area contributed by atoms with Crippen LogP contribution in [0.3, 0.4) is 0 Å². The maximum absolute atomic E-state index is 12.8. The first-order valence-corrected chi connectivity index (χ1v) is 10.9. The summed E-state index contributed by atoms with van der Waals surface area (Å²) >= 11 is 6.17. The van der Waals surface area contributed by atoms with Gasteiger partial charge in [0.1, 0.15) is 6.54 Å². The predicted molar refractivity (Wildman–Crippen MR) is 110 cm³/mol. The quantitative estimate of drug-likeness (QED) is 0.765. The Balaban J connectivity index is 1.82. The van der Waals surface area contributed by atoms with Crippen molar-refractivity contribution in [3.05, 3.63) is 57.0 Å². The fourth-order valence-electron chi connectivity index (χ4n) is 3.17. The summed E-state index contributed by atoms with van der Waals surface area (Å²) < 4.78 is 33.9. The topological polar surface area (TPSA) is 97.7 Å². The molecule has 156 valence electrons. The van der Waals surface area contributed by atoms with E-state index >= 15 is 0 Å². The second-order valence-corrected chi connectivity index (χ2v) is 9.11. The standard InChI is InChI=1S/C19H22ClN3O5S/c1-13-9-15(24)10-14(2)23(13)12-19(25)21-18-11-16(3-4-17(18)20)29(26,27)22-5-7-28-8-6-22/h3-4,9-11H,5-8,12H2,1-2H3,(H,21,25). The van der Waals surface area contributed by atoms with Gasteiger partial charge in [-0.15, -0.1) is 0 Å². The molecule has 1 aliphatic rings. The Kier molecular flexibility index (Phi) is 6.42. The maximum atomic E-state index is 12.8. The highest BCUT2D eigenvalue weighted by Crippen LogP contribution is 2.27. The van der Waals surface area contributed by atoms with Crippen LogP contribution in [0, 0.1) is 13.8 Å². The fourth-order valence-corrected chi connectivity index (χ4v) is 4.77. The van der Waals surface area contributed by atoms with E-state index in [-0.39, 0.29) is 46.6 Å². The second-order valence-electron chi connectivity index (χ2n) is 6.77. The summed E-state index contributed by atoms with van der Waals surface area (Å²) in [5.74, 6) is -0.386. The summed E-state index contributed by atoms with van der Waals surface area (Å²) in [5.41, 5.74) is 1.39. The van der Waals surface area contributed by atoms with E-state index in [0.717, 1.165) is 0 Å². The maximum Gasteiger partial charge on any atom is 0.244 e. The van der Waals surface area contributed by atoms with Gasteiger partial charge in [-0.1, -0.05) is 11.6 Å². The Hall–Kier alpha value is -2.20. The molecular formula is C19H22ClN3O5S. The van der Waals surface area contributed by atoms with Crippen molar-refractivity contribution in [1.82, 2.24) is 8.87 Å². The van der Waals surface area contributed by atoms with Crippen LogP contribution in [0.25, 0.3) is 0 Å². The molecular weight excluding hydrogens is 418 g/mol. The summed E-state index contributed by atoms with van der Waals surface area (Å²) in [6.45, 7) is 4.68. The molecule has 29 heavy (non-hydrogen) atoms. The van der Waals surface area contributed by atoms with E-state index in [1.54, 1.807) is 18.4 Å². The lowest BCUT2D eigenvalue weighted by atomic mass is 10.2. The van der Waals surface area contributed by atoms with Gasteiger partial charge in [-0.2, -0.15) is 4.31 Å². The molecule has 2 heterocycles. The minimum Gasteiger partial charge on any atom is -0.379 e.